The van der Waals surface area contributed by atoms with Crippen molar-refractivity contribution in [3.8, 4) is 0 Å². The molecule has 1 aliphatic rings. The van der Waals surface area contributed by atoms with E-state index < -0.39 is 5.82 Å². The summed E-state index contributed by atoms with van der Waals surface area (Å²) < 4.78 is 12.8. The molecule has 3 rings (SSSR count). The van der Waals surface area contributed by atoms with E-state index in [0.717, 1.165) is 32.0 Å². The predicted octanol–water partition coefficient (Wildman–Crippen LogP) is 1.34. The van der Waals surface area contributed by atoms with Crippen LogP contribution in [0.1, 0.15) is 13.8 Å². The summed E-state index contributed by atoms with van der Waals surface area (Å²) in [5.74, 6) is 1.34. The maximum atomic E-state index is 12.8. The number of hydrogen-bond acceptors (Lipinski definition) is 7. The lowest BCUT2D eigenvalue weighted by atomic mass is 10.3. The van der Waals surface area contributed by atoms with Gasteiger partial charge in [-0.25, -0.2) is 24.3 Å². The second-order valence-corrected chi connectivity index (χ2v) is 4.47. The number of nitrogen functional groups attached to an aromatic ring is 1. The molecule has 2 aromatic heterocycles. The van der Waals surface area contributed by atoms with E-state index in [1.54, 1.807) is 12.4 Å². The summed E-state index contributed by atoms with van der Waals surface area (Å²) in [4.78, 5) is 20.4. The van der Waals surface area contributed by atoms with Crippen LogP contribution in [0.15, 0.2) is 24.8 Å². The quantitative estimate of drug-likeness (QED) is 0.896. The summed E-state index contributed by atoms with van der Waals surface area (Å²) in [6.45, 7) is 7.05. The fourth-order valence-electron chi connectivity index (χ4n) is 2.10. The highest BCUT2D eigenvalue weighted by atomic mass is 19.1. The van der Waals surface area contributed by atoms with E-state index in [2.05, 4.69) is 24.8 Å². The van der Waals surface area contributed by atoms with Gasteiger partial charge in [-0.15, -0.1) is 0 Å². The average molecular weight is 305 g/mol. The molecule has 0 spiro atoms. The number of nitrogens with two attached hydrogens (primary N) is 1. The lowest BCUT2D eigenvalue weighted by Crippen LogP contribution is -2.47. The molecule has 8 heteroatoms. The van der Waals surface area contributed by atoms with Crippen molar-refractivity contribution in [3.05, 3.63) is 30.6 Å². The van der Waals surface area contributed by atoms with Crippen LogP contribution in [0, 0.1) is 5.82 Å². The standard InChI is InChI=1S/C12H14FN7.C2H6/c13-9-5-17-12(18-6-9)20-3-1-19(2-4-20)11-8-15-10(14)7-16-11;1-2/h5-8H,1-4H2,(H2,14,15);1-2H3. The van der Waals surface area contributed by atoms with E-state index in [4.69, 9.17) is 5.73 Å². The molecule has 0 unspecified atom stereocenters. The minimum absolute atomic E-state index is 0.409. The van der Waals surface area contributed by atoms with Crippen LogP contribution in [0.25, 0.3) is 0 Å². The largest absolute Gasteiger partial charge is 0.382 e. The zero-order valence-electron chi connectivity index (χ0n) is 12.8. The van der Waals surface area contributed by atoms with Crippen LogP contribution >= 0.6 is 0 Å². The topological polar surface area (TPSA) is 84.1 Å². The third-order valence-electron chi connectivity index (χ3n) is 3.15. The fraction of sp³-hybridized carbons (Fsp3) is 0.429. The van der Waals surface area contributed by atoms with Gasteiger partial charge in [-0.3, -0.25) is 0 Å². The number of halogens is 1. The van der Waals surface area contributed by atoms with Gasteiger partial charge in [0.15, 0.2) is 5.82 Å². The fourth-order valence-corrected chi connectivity index (χ4v) is 2.10. The monoisotopic (exact) mass is 305 g/mol. The highest BCUT2D eigenvalue weighted by Crippen LogP contribution is 2.15. The van der Waals surface area contributed by atoms with Crippen molar-refractivity contribution in [2.45, 2.75) is 13.8 Å². The van der Waals surface area contributed by atoms with Crippen molar-refractivity contribution in [1.29, 1.82) is 0 Å². The Bertz CT molecular complexity index is 511. The number of hydrogen-bond donors (Lipinski definition) is 1. The molecule has 0 amide bonds. The van der Waals surface area contributed by atoms with Crippen LogP contribution in [0.3, 0.4) is 0 Å². The number of aromatic nitrogens is 4. The van der Waals surface area contributed by atoms with Gasteiger partial charge in [0.1, 0.15) is 11.6 Å². The van der Waals surface area contributed by atoms with Gasteiger partial charge >= 0.3 is 0 Å². The van der Waals surface area contributed by atoms with Crippen LogP contribution in [0.2, 0.25) is 0 Å². The second-order valence-electron chi connectivity index (χ2n) is 4.47. The Balaban J connectivity index is 0.000000847. The zero-order valence-corrected chi connectivity index (χ0v) is 12.8. The SMILES string of the molecule is CC.Nc1cnc(N2CCN(c3ncc(F)cn3)CC2)cn1. The van der Waals surface area contributed by atoms with Crippen LogP contribution in [0.4, 0.5) is 22.0 Å². The summed E-state index contributed by atoms with van der Waals surface area (Å²) in [5.41, 5.74) is 5.52. The molecule has 22 heavy (non-hydrogen) atoms. The van der Waals surface area contributed by atoms with Crippen molar-refractivity contribution in [3.63, 3.8) is 0 Å². The summed E-state index contributed by atoms with van der Waals surface area (Å²) in [7, 11) is 0. The van der Waals surface area contributed by atoms with Crippen LogP contribution < -0.4 is 15.5 Å². The van der Waals surface area contributed by atoms with E-state index in [9.17, 15) is 4.39 Å². The molecule has 2 aromatic rings. The third kappa shape index (κ3) is 3.78. The molecular formula is C14H20FN7. The maximum Gasteiger partial charge on any atom is 0.225 e. The molecule has 1 fully saturated rings. The van der Waals surface area contributed by atoms with Gasteiger partial charge in [-0.2, -0.15) is 0 Å². The predicted molar refractivity (Wildman–Crippen MR) is 84.2 cm³/mol. The van der Waals surface area contributed by atoms with Crippen molar-refractivity contribution >= 4 is 17.6 Å². The Morgan fingerprint density at radius 2 is 1.45 bits per heavy atom. The molecule has 118 valence electrons. The van der Waals surface area contributed by atoms with Crippen LogP contribution in [0.5, 0.6) is 0 Å². The van der Waals surface area contributed by atoms with Gasteiger partial charge in [0, 0.05) is 26.2 Å². The molecule has 0 saturated carbocycles. The molecular weight excluding hydrogens is 285 g/mol. The first-order valence-electron chi connectivity index (χ1n) is 7.27. The summed E-state index contributed by atoms with van der Waals surface area (Å²) in [6.07, 6.45) is 5.57. The van der Waals surface area contributed by atoms with Crippen molar-refractivity contribution in [2.75, 3.05) is 41.7 Å². The van der Waals surface area contributed by atoms with Crippen molar-refractivity contribution in [1.82, 2.24) is 19.9 Å². The first kappa shape index (κ1) is 15.9. The zero-order chi connectivity index (χ0) is 15.9. The smallest absolute Gasteiger partial charge is 0.225 e. The first-order chi connectivity index (χ1) is 10.7. The Hall–Kier alpha value is -2.51. The minimum Gasteiger partial charge on any atom is -0.382 e. The lowest BCUT2D eigenvalue weighted by molar-refractivity contribution is 0.601. The van der Waals surface area contributed by atoms with Gasteiger partial charge in [0.05, 0.1) is 24.8 Å². The Morgan fingerprint density at radius 3 is 2.00 bits per heavy atom. The molecule has 0 radical (unpaired) electrons. The van der Waals surface area contributed by atoms with Gasteiger partial charge in [-0.1, -0.05) is 13.8 Å². The number of anilines is 3. The van der Waals surface area contributed by atoms with Gasteiger partial charge < -0.3 is 15.5 Å². The summed E-state index contributed by atoms with van der Waals surface area (Å²) in [5, 5.41) is 0. The highest BCUT2D eigenvalue weighted by molar-refractivity contribution is 5.42. The molecule has 0 atom stereocenters. The van der Waals surface area contributed by atoms with E-state index in [1.807, 2.05) is 18.7 Å². The number of nitrogens with zero attached hydrogens (tertiary/aromatic N) is 6. The van der Waals surface area contributed by atoms with Crippen molar-refractivity contribution in [2.24, 2.45) is 0 Å². The van der Waals surface area contributed by atoms with Gasteiger partial charge in [0.2, 0.25) is 5.95 Å². The minimum atomic E-state index is -0.426. The van der Waals surface area contributed by atoms with E-state index in [0.29, 0.717) is 11.8 Å². The molecule has 7 nitrogen and oxygen atoms in total. The molecule has 0 aliphatic carbocycles. The molecule has 0 bridgehead atoms. The number of piperazine rings is 1. The molecule has 1 aliphatic heterocycles. The highest BCUT2D eigenvalue weighted by Gasteiger charge is 2.20. The van der Waals surface area contributed by atoms with E-state index >= 15 is 0 Å². The van der Waals surface area contributed by atoms with Crippen LogP contribution in [-0.4, -0.2) is 46.1 Å². The average Bonchev–Trinajstić information content (AvgIpc) is 2.58. The Labute approximate surface area is 129 Å². The van der Waals surface area contributed by atoms with Crippen LogP contribution in [-0.2, 0) is 0 Å². The van der Waals surface area contributed by atoms with Crippen molar-refractivity contribution < 1.29 is 4.39 Å². The second kappa shape index (κ2) is 7.48. The normalized spacial score (nSPS) is 14.3. The van der Waals surface area contributed by atoms with E-state index in [-0.39, 0.29) is 0 Å². The van der Waals surface area contributed by atoms with E-state index in [1.165, 1.54) is 12.4 Å². The Morgan fingerprint density at radius 1 is 0.864 bits per heavy atom. The molecule has 2 N–H and O–H groups in total. The molecule has 3 heterocycles. The van der Waals surface area contributed by atoms with Gasteiger partial charge in [-0.05, 0) is 0 Å². The molecule has 1 saturated heterocycles. The third-order valence-corrected chi connectivity index (χ3v) is 3.15. The molecule has 0 aromatic carbocycles. The maximum absolute atomic E-state index is 12.8. The lowest BCUT2D eigenvalue weighted by Gasteiger charge is -2.35. The Kier molecular flexibility index (Phi) is 5.40. The van der Waals surface area contributed by atoms with Gasteiger partial charge in [0.25, 0.3) is 0 Å². The first-order valence-corrected chi connectivity index (χ1v) is 7.27. The number of rotatable bonds is 2. The summed E-state index contributed by atoms with van der Waals surface area (Å²) >= 11 is 0. The summed E-state index contributed by atoms with van der Waals surface area (Å²) in [6, 6.07) is 0.